The van der Waals surface area contributed by atoms with E-state index in [1.54, 1.807) is 12.4 Å². The Morgan fingerprint density at radius 2 is 1.52 bits per heavy atom. The lowest BCUT2D eigenvalue weighted by molar-refractivity contribution is -0.140. The van der Waals surface area contributed by atoms with Gasteiger partial charge in [-0.3, -0.25) is 14.6 Å². The van der Waals surface area contributed by atoms with E-state index in [1.165, 1.54) is 5.56 Å². The first-order chi connectivity index (χ1) is 12.1. The molecule has 1 saturated carbocycles. The highest BCUT2D eigenvalue weighted by Gasteiger charge is 2.32. The number of hydrogen-bond acceptors (Lipinski definition) is 3. The van der Waals surface area contributed by atoms with Gasteiger partial charge in [-0.15, -0.1) is 0 Å². The van der Waals surface area contributed by atoms with Crippen molar-refractivity contribution in [1.82, 2.24) is 14.8 Å². The van der Waals surface area contributed by atoms with E-state index in [1.807, 2.05) is 42.8 Å². The number of amides is 2. The van der Waals surface area contributed by atoms with E-state index in [0.29, 0.717) is 0 Å². The van der Waals surface area contributed by atoms with Gasteiger partial charge in [0.2, 0.25) is 11.8 Å². The molecule has 1 aromatic heterocycles. The van der Waals surface area contributed by atoms with E-state index >= 15 is 0 Å². The molecule has 0 atom stereocenters. The van der Waals surface area contributed by atoms with Crippen molar-refractivity contribution >= 4 is 11.8 Å². The summed E-state index contributed by atoms with van der Waals surface area (Å²) >= 11 is 0. The Kier molecular flexibility index (Phi) is 7.41. The Bertz CT molecular complexity index is 549. The van der Waals surface area contributed by atoms with E-state index in [0.717, 1.165) is 51.7 Å². The van der Waals surface area contributed by atoms with Crippen molar-refractivity contribution in [1.29, 1.82) is 0 Å². The highest BCUT2D eigenvalue weighted by Crippen LogP contribution is 2.31. The number of carbonyl (C=O) groups is 2. The minimum absolute atomic E-state index is 0.0724. The molecule has 0 aliphatic heterocycles. The molecule has 0 N–H and O–H groups in total. The summed E-state index contributed by atoms with van der Waals surface area (Å²) in [4.78, 5) is 32.9. The first kappa shape index (κ1) is 19.4. The number of hydrogen-bond donors (Lipinski definition) is 0. The standard InChI is InChI=1S/C20H31N3O2/c1-4-23(5-2)20(25)18-8-6-17(7-9-18)19(24)22(3)15-12-16-10-13-21-14-11-16/h10-11,13-14,17-18H,4-9,12,15H2,1-3H3. The lowest BCUT2D eigenvalue weighted by Gasteiger charge is -2.32. The fourth-order valence-corrected chi connectivity index (χ4v) is 3.65. The zero-order chi connectivity index (χ0) is 18.2. The van der Waals surface area contributed by atoms with Crippen LogP contribution >= 0.6 is 0 Å². The summed E-state index contributed by atoms with van der Waals surface area (Å²) in [5, 5.41) is 0. The van der Waals surface area contributed by atoms with E-state index in [9.17, 15) is 9.59 Å². The molecule has 25 heavy (non-hydrogen) atoms. The van der Waals surface area contributed by atoms with E-state index in [-0.39, 0.29) is 23.7 Å². The summed E-state index contributed by atoms with van der Waals surface area (Å²) in [6.45, 7) is 6.31. The van der Waals surface area contributed by atoms with Gasteiger partial charge in [-0.05, 0) is 63.6 Å². The molecule has 2 rings (SSSR count). The van der Waals surface area contributed by atoms with Crippen molar-refractivity contribution in [3.8, 4) is 0 Å². The van der Waals surface area contributed by atoms with E-state index in [4.69, 9.17) is 0 Å². The van der Waals surface area contributed by atoms with Crippen LogP contribution in [0, 0.1) is 11.8 Å². The smallest absolute Gasteiger partial charge is 0.225 e. The van der Waals surface area contributed by atoms with Gasteiger partial charge in [0.05, 0.1) is 0 Å². The normalized spacial score (nSPS) is 20.1. The van der Waals surface area contributed by atoms with Crippen LogP contribution in [-0.4, -0.2) is 53.3 Å². The predicted molar refractivity (Wildman–Crippen MR) is 99.0 cm³/mol. The zero-order valence-electron chi connectivity index (χ0n) is 15.8. The molecular formula is C20H31N3O2. The van der Waals surface area contributed by atoms with Gasteiger partial charge in [-0.2, -0.15) is 0 Å². The molecule has 1 fully saturated rings. The molecule has 0 spiro atoms. The van der Waals surface area contributed by atoms with Gasteiger partial charge in [0.25, 0.3) is 0 Å². The number of nitrogens with zero attached hydrogens (tertiary/aromatic N) is 3. The largest absolute Gasteiger partial charge is 0.345 e. The minimum Gasteiger partial charge on any atom is -0.345 e. The van der Waals surface area contributed by atoms with Crippen molar-refractivity contribution in [3.05, 3.63) is 30.1 Å². The third-order valence-corrected chi connectivity index (χ3v) is 5.36. The van der Waals surface area contributed by atoms with Crippen molar-refractivity contribution in [2.75, 3.05) is 26.7 Å². The molecule has 0 unspecified atom stereocenters. The molecule has 0 aromatic carbocycles. The van der Waals surface area contributed by atoms with Crippen LogP contribution < -0.4 is 0 Å². The Hall–Kier alpha value is -1.91. The van der Waals surface area contributed by atoms with Gasteiger partial charge in [-0.25, -0.2) is 0 Å². The summed E-state index contributed by atoms with van der Waals surface area (Å²) in [6, 6.07) is 3.98. The number of pyridine rings is 1. The third-order valence-electron chi connectivity index (χ3n) is 5.36. The maximum atomic E-state index is 12.7. The molecule has 0 saturated heterocycles. The second-order valence-corrected chi connectivity index (χ2v) is 6.92. The molecule has 2 amide bonds. The van der Waals surface area contributed by atoms with Gasteiger partial charge in [0, 0.05) is 50.9 Å². The monoisotopic (exact) mass is 345 g/mol. The zero-order valence-corrected chi connectivity index (χ0v) is 15.8. The van der Waals surface area contributed by atoms with Crippen molar-refractivity contribution in [2.45, 2.75) is 46.0 Å². The maximum Gasteiger partial charge on any atom is 0.225 e. The van der Waals surface area contributed by atoms with Gasteiger partial charge >= 0.3 is 0 Å². The Balaban J connectivity index is 1.79. The van der Waals surface area contributed by atoms with Crippen LogP contribution in [-0.2, 0) is 16.0 Å². The third kappa shape index (κ3) is 5.28. The summed E-state index contributed by atoms with van der Waals surface area (Å²) in [5.41, 5.74) is 1.20. The molecule has 1 aromatic rings. The second kappa shape index (κ2) is 9.54. The molecule has 1 aliphatic rings. The van der Waals surface area contributed by atoms with Crippen LogP contribution in [0.5, 0.6) is 0 Å². The SMILES string of the molecule is CCN(CC)C(=O)C1CCC(C(=O)N(C)CCc2ccncc2)CC1. The van der Waals surface area contributed by atoms with Gasteiger partial charge < -0.3 is 9.80 Å². The lowest BCUT2D eigenvalue weighted by Crippen LogP contribution is -2.40. The fraction of sp³-hybridized carbons (Fsp3) is 0.650. The Labute approximate surface area is 151 Å². The highest BCUT2D eigenvalue weighted by molar-refractivity contribution is 5.81. The van der Waals surface area contributed by atoms with Crippen LogP contribution in [0.2, 0.25) is 0 Å². The van der Waals surface area contributed by atoms with E-state index in [2.05, 4.69) is 4.98 Å². The quantitative estimate of drug-likeness (QED) is 0.763. The van der Waals surface area contributed by atoms with Gasteiger partial charge in [0.1, 0.15) is 0 Å². The highest BCUT2D eigenvalue weighted by atomic mass is 16.2. The molecule has 138 valence electrons. The number of aromatic nitrogens is 1. The average Bonchev–Trinajstić information content (AvgIpc) is 2.67. The topological polar surface area (TPSA) is 53.5 Å². The van der Waals surface area contributed by atoms with Crippen LogP contribution in [0.4, 0.5) is 0 Å². The van der Waals surface area contributed by atoms with E-state index < -0.39 is 0 Å². The van der Waals surface area contributed by atoms with Gasteiger partial charge in [0.15, 0.2) is 0 Å². The van der Waals surface area contributed by atoms with Crippen molar-refractivity contribution in [3.63, 3.8) is 0 Å². The molecule has 5 heteroatoms. The first-order valence-corrected chi connectivity index (χ1v) is 9.49. The van der Waals surface area contributed by atoms with Crippen molar-refractivity contribution < 1.29 is 9.59 Å². The number of carbonyl (C=O) groups excluding carboxylic acids is 2. The summed E-state index contributed by atoms with van der Waals surface area (Å²) in [7, 11) is 1.89. The van der Waals surface area contributed by atoms with Gasteiger partial charge in [-0.1, -0.05) is 0 Å². The summed E-state index contributed by atoms with van der Waals surface area (Å²) < 4.78 is 0. The molecule has 1 heterocycles. The lowest BCUT2D eigenvalue weighted by atomic mass is 9.80. The maximum absolute atomic E-state index is 12.7. The Morgan fingerprint density at radius 1 is 1.00 bits per heavy atom. The molecular weight excluding hydrogens is 314 g/mol. The number of likely N-dealkylation sites (N-methyl/N-ethyl adjacent to an activating group) is 1. The molecule has 1 aliphatic carbocycles. The minimum atomic E-state index is 0.0724. The number of rotatable bonds is 7. The first-order valence-electron chi connectivity index (χ1n) is 9.49. The van der Waals surface area contributed by atoms with Crippen molar-refractivity contribution in [2.24, 2.45) is 11.8 Å². The van der Waals surface area contributed by atoms with Crippen LogP contribution in [0.1, 0.15) is 45.1 Å². The second-order valence-electron chi connectivity index (χ2n) is 6.92. The summed E-state index contributed by atoms with van der Waals surface area (Å²) in [5.74, 6) is 0.666. The molecule has 0 radical (unpaired) electrons. The predicted octanol–water partition coefficient (Wildman–Crippen LogP) is 2.76. The average molecular weight is 345 g/mol. The fourth-order valence-electron chi connectivity index (χ4n) is 3.65. The van der Waals surface area contributed by atoms with Crippen LogP contribution in [0.3, 0.4) is 0 Å². The summed E-state index contributed by atoms with van der Waals surface area (Å²) in [6.07, 6.45) is 7.75. The Morgan fingerprint density at radius 3 is 2.04 bits per heavy atom. The van der Waals surface area contributed by atoms with Crippen LogP contribution in [0.15, 0.2) is 24.5 Å². The molecule has 0 bridgehead atoms. The van der Waals surface area contributed by atoms with Crippen LogP contribution in [0.25, 0.3) is 0 Å². The molecule has 5 nitrogen and oxygen atoms in total.